The number of ether oxygens (including phenoxy) is 2. The van der Waals surface area contributed by atoms with Gasteiger partial charge in [-0.05, 0) is 36.8 Å². The molecule has 0 saturated carbocycles. The molecule has 0 heterocycles. The molecule has 0 saturated heterocycles. The average Bonchev–Trinajstić information content (AvgIpc) is 2.57. The number of amides is 2. The molecule has 0 bridgehead atoms. The number of methoxy groups -OCH3 is 2. The van der Waals surface area contributed by atoms with Gasteiger partial charge in [0.25, 0.3) is 0 Å². The van der Waals surface area contributed by atoms with E-state index in [4.69, 9.17) is 9.47 Å². The van der Waals surface area contributed by atoms with Gasteiger partial charge in [-0.2, -0.15) is 0 Å². The van der Waals surface area contributed by atoms with E-state index in [0.29, 0.717) is 22.7 Å². The van der Waals surface area contributed by atoms with Gasteiger partial charge in [0.05, 0.1) is 25.9 Å². The number of benzene rings is 2. The lowest BCUT2D eigenvalue weighted by molar-refractivity contribution is 0.249. The highest BCUT2D eigenvalue weighted by molar-refractivity contribution is 5.91. The van der Waals surface area contributed by atoms with Gasteiger partial charge >= 0.3 is 6.03 Å². The largest absolute Gasteiger partial charge is 0.497 e. The fourth-order valence-electron chi connectivity index (χ4n) is 2.13. The third kappa shape index (κ3) is 4.13. The molecule has 0 spiro atoms. The van der Waals surface area contributed by atoms with E-state index in [1.165, 1.54) is 20.3 Å². The summed E-state index contributed by atoms with van der Waals surface area (Å²) in [5.41, 5.74) is 0.869. The summed E-state index contributed by atoms with van der Waals surface area (Å²) in [6.07, 6.45) is 0. The average molecular weight is 336 g/mol. The minimum absolute atomic E-state index is 0.423. The van der Waals surface area contributed by atoms with Crippen LogP contribution in [0.1, 0.15) is 18.5 Å². The van der Waals surface area contributed by atoms with E-state index in [-0.39, 0.29) is 0 Å². The summed E-state index contributed by atoms with van der Waals surface area (Å²) in [5.74, 6) is -0.876. The van der Waals surface area contributed by atoms with Crippen molar-refractivity contribution in [2.75, 3.05) is 19.5 Å². The summed E-state index contributed by atoms with van der Waals surface area (Å²) >= 11 is 0. The van der Waals surface area contributed by atoms with Crippen LogP contribution in [0.15, 0.2) is 36.4 Å². The van der Waals surface area contributed by atoms with E-state index >= 15 is 0 Å². The zero-order valence-corrected chi connectivity index (χ0v) is 13.5. The van der Waals surface area contributed by atoms with Gasteiger partial charge in [-0.25, -0.2) is 13.6 Å². The molecule has 0 aromatic heterocycles. The van der Waals surface area contributed by atoms with Crippen LogP contribution in [0.5, 0.6) is 11.5 Å². The quantitative estimate of drug-likeness (QED) is 0.871. The van der Waals surface area contributed by atoms with Crippen LogP contribution in [0.2, 0.25) is 0 Å². The van der Waals surface area contributed by atoms with Crippen LogP contribution in [0.3, 0.4) is 0 Å². The Kier molecular flexibility index (Phi) is 5.57. The smallest absolute Gasteiger partial charge is 0.319 e. The monoisotopic (exact) mass is 336 g/mol. The van der Waals surface area contributed by atoms with Crippen molar-refractivity contribution >= 4 is 11.7 Å². The first-order valence-electron chi connectivity index (χ1n) is 7.19. The van der Waals surface area contributed by atoms with E-state index in [9.17, 15) is 13.6 Å². The maximum absolute atomic E-state index is 13.3. The van der Waals surface area contributed by atoms with Crippen LogP contribution in [-0.2, 0) is 0 Å². The predicted molar refractivity (Wildman–Crippen MR) is 86.5 cm³/mol. The van der Waals surface area contributed by atoms with Gasteiger partial charge in [-0.15, -0.1) is 0 Å². The molecule has 0 aliphatic carbocycles. The van der Waals surface area contributed by atoms with Crippen molar-refractivity contribution < 1.29 is 23.0 Å². The van der Waals surface area contributed by atoms with Crippen molar-refractivity contribution in [1.82, 2.24) is 5.32 Å². The Morgan fingerprint density at radius 2 is 1.79 bits per heavy atom. The molecule has 7 heteroatoms. The summed E-state index contributed by atoms with van der Waals surface area (Å²) in [6.45, 7) is 1.66. The lowest BCUT2D eigenvalue weighted by atomic mass is 10.1. The van der Waals surface area contributed by atoms with Crippen LogP contribution in [-0.4, -0.2) is 20.3 Å². The van der Waals surface area contributed by atoms with Gasteiger partial charge in [-0.1, -0.05) is 6.07 Å². The molecule has 2 aromatic rings. The summed E-state index contributed by atoms with van der Waals surface area (Å²) in [5, 5.41) is 5.28. The standard InChI is InChI=1S/C17H18F2N2O3/c1-10(11-4-6-13(18)14(19)8-11)20-17(22)21-15-9-12(23-2)5-7-16(15)24-3/h4-10H,1-3H3,(H2,20,21,22)/t10-/m1/s1. The van der Waals surface area contributed by atoms with Crippen molar-refractivity contribution in [1.29, 1.82) is 0 Å². The van der Waals surface area contributed by atoms with Crippen molar-refractivity contribution in [3.8, 4) is 11.5 Å². The van der Waals surface area contributed by atoms with E-state index in [0.717, 1.165) is 12.1 Å². The van der Waals surface area contributed by atoms with E-state index in [2.05, 4.69) is 10.6 Å². The number of urea groups is 1. The fourth-order valence-corrected chi connectivity index (χ4v) is 2.13. The maximum atomic E-state index is 13.3. The van der Waals surface area contributed by atoms with Gasteiger partial charge in [0.15, 0.2) is 11.6 Å². The summed E-state index contributed by atoms with van der Waals surface area (Å²) < 4.78 is 36.5. The predicted octanol–water partition coefficient (Wildman–Crippen LogP) is 3.86. The van der Waals surface area contributed by atoms with Crippen molar-refractivity contribution in [2.24, 2.45) is 0 Å². The van der Waals surface area contributed by atoms with Crippen LogP contribution in [0.4, 0.5) is 19.3 Å². The molecule has 2 amide bonds. The first kappa shape index (κ1) is 17.5. The number of rotatable bonds is 5. The van der Waals surface area contributed by atoms with E-state index in [1.54, 1.807) is 25.1 Å². The Hall–Kier alpha value is -2.83. The Bertz CT molecular complexity index is 738. The highest BCUT2D eigenvalue weighted by Gasteiger charge is 2.14. The molecule has 24 heavy (non-hydrogen) atoms. The van der Waals surface area contributed by atoms with Gasteiger partial charge in [-0.3, -0.25) is 0 Å². The van der Waals surface area contributed by atoms with Crippen LogP contribution in [0.25, 0.3) is 0 Å². The SMILES string of the molecule is COc1ccc(OC)c(NC(=O)N[C@H](C)c2ccc(F)c(F)c2)c1. The second kappa shape index (κ2) is 7.63. The molecule has 0 aliphatic heterocycles. The van der Waals surface area contributed by atoms with Gasteiger partial charge in [0, 0.05) is 6.07 Å². The van der Waals surface area contributed by atoms with Crippen molar-refractivity contribution in [2.45, 2.75) is 13.0 Å². The minimum atomic E-state index is -0.962. The number of carbonyl (C=O) groups is 1. The molecule has 0 fully saturated rings. The molecule has 0 aliphatic rings. The zero-order valence-electron chi connectivity index (χ0n) is 13.5. The molecule has 2 rings (SSSR count). The maximum Gasteiger partial charge on any atom is 0.319 e. The lowest BCUT2D eigenvalue weighted by Crippen LogP contribution is -2.31. The third-order valence-electron chi connectivity index (χ3n) is 3.45. The highest BCUT2D eigenvalue weighted by Crippen LogP contribution is 2.29. The number of carbonyl (C=O) groups excluding carboxylic acids is 1. The summed E-state index contributed by atoms with van der Waals surface area (Å²) in [4.78, 5) is 12.1. The number of nitrogens with one attached hydrogen (secondary N) is 2. The molecule has 2 aromatic carbocycles. The number of hydrogen-bond acceptors (Lipinski definition) is 3. The van der Waals surface area contributed by atoms with Crippen molar-refractivity contribution in [3.05, 3.63) is 53.6 Å². The van der Waals surface area contributed by atoms with E-state index < -0.39 is 23.7 Å². The Labute approximate surface area is 138 Å². The van der Waals surface area contributed by atoms with Gasteiger partial charge in [0.1, 0.15) is 11.5 Å². The summed E-state index contributed by atoms with van der Waals surface area (Å²) in [7, 11) is 2.99. The topological polar surface area (TPSA) is 59.6 Å². The van der Waals surface area contributed by atoms with Crippen molar-refractivity contribution in [3.63, 3.8) is 0 Å². The Morgan fingerprint density at radius 1 is 1.04 bits per heavy atom. The van der Waals surface area contributed by atoms with Crippen LogP contribution in [0, 0.1) is 11.6 Å². The lowest BCUT2D eigenvalue weighted by Gasteiger charge is -2.17. The van der Waals surface area contributed by atoms with Crippen LogP contribution < -0.4 is 20.1 Å². The molecule has 1 atom stereocenters. The molecular formula is C17H18F2N2O3. The third-order valence-corrected chi connectivity index (χ3v) is 3.45. The molecule has 2 N–H and O–H groups in total. The second-order valence-electron chi connectivity index (χ2n) is 5.06. The second-order valence-corrected chi connectivity index (χ2v) is 5.06. The summed E-state index contributed by atoms with van der Waals surface area (Å²) in [6, 6.07) is 7.42. The molecular weight excluding hydrogens is 318 g/mol. The Morgan fingerprint density at radius 3 is 2.42 bits per heavy atom. The normalized spacial score (nSPS) is 11.5. The highest BCUT2D eigenvalue weighted by atomic mass is 19.2. The molecule has 0 radical (unpaired) electrons. The Balaban J connectivity index is 2.08. The van der Waals surface area contributed by atoms with Gasteiger partial charge in [0.2, 0.25) is 0 Å². The zero-order chi connectivity index (χ0) is 17.7. The first-order chi connectivity index (χ1) is 11.4. The minimum Gasteiger partial charge on any atom is -0.497 e. The molecule has 128 valence electrons. The van der Waals surface area contributed by atoms with E-state index in [1.807, 2.05) is 0 Å². The molecule has 5 nitrogen and oxygen atoms in total. The number of halogens is 2. The first-order valence-corrected chi connectivity index (χ1v) is 7.19. The van der Waals surface area contributed by atoms with Gasteiger partial charge < -0.3 is 20.1 Å². The number of anilines is 1. The fraction of sp³-hybridized carbons (Fsp3) is 0.235. The van der Waals surface area contributed by atoms with Crippen LogP contribution >= 0.6 is 0 Å². The molecule has 0 unspecified atom stereocenters. The number of hydrogen-bond donors (Lipinski definition) is 2.